The van der Waals surface area contributed by atoms with Crippen LogP contribution in [-0.4, -0.2) is 45.8 Å². The van der Waals surface area contributed by atoms with E-state index in [-0.39, 0.29) is 84.8 Å². The van der Waals surface area contributed by atoms with Gasteiger partial charge in [0.25, 0.3) is 0 Å². The van der Waals surface area contributed by atoms with Crippen LogP contribution in [0, 0.1) is 28.6 Å². The van der Waals surface area contributed by atoms with E-state index in [1.54, 1.807) is 0 Å². The van der Waals surface area contributed by atoms with Crippen LogP contribution < -0.4 is 89.9 Å². The Morgan fingerprint density at radius 2 is 0.400 bits per heavy atom. The van der Waals surface area contributed by atoms with E-state index in [1.807, 2.05) is 0 Å². The van der Waals surface area contributed by atoms with Gasteiger partial charge in [-0.2, -0.15) is 13.2 Å². The Kier molecular flexibility index (Phi) is 27.8. The molecule has 0 atom stereocenters. The number of benzene rings is 8. The molecule has 0 aliphatic rings. The van der Waals surface area contributed by atoms with E-state index in [0.717, 1.165) is 0 Å². The minimum Gasteiger partial charge on any atom is -0.0619 e. The maximum Gasteiger partial charge on any atom is 0.357 e. The standard InChI is InChI=1S/4C12H10I.C2HF3O2.AsF6.F6P.6FH.Sb/c4*1-3-7-11(8-4-1)13-12-9-5-2-6-10-12;3-2(4,5)1(6)7;2-1(3,4,5,6)7;1-7(2,3,4,5)6;;;;;;;/h4*1-10H;(H,6,7);;;6*1H;/q4*+1;;2*-1;;;;;;;+5/p-7. The van der Waals surface area contributed by atoms with Gasteiger partial charge in [0.05, 0.1) is 0 Å². The Morgan fingerprint density at radius 1 is 0.325 bits per heavy atom. The molecular weight excluding hydrogens is 1770 g/mol. The molecule has 80 heavy (non-hydrogen) atoms. The van der Waals surface area contributed by atoms with Crippen LogP contribution >= 0.6 is 7.81 Å². The zero-order valence-electron chi connectivity index (χ0n) is 39.7. The number of carbonyl (C=O) groups is 1. The molecule has 0 aromatic heterocycles. The molecule has 0 unspecified atom stereocenters. The molecule has 8 aromatic rings. The van der Waals surface area contributed by atoms with Crippen molar-refractivity contribution in [1.29, 1.82) is 0 Å². The summed E-state index contributed by atoms with van der Waals surface area (Å²) in [6.07, 6.45) is -5.19. The quantitative estimate of drug-likeness (QED) is 0.0786. The third kappa shape index (κ3) is 59.1. The van der Waals surface area contributed by atoms with Gasteiger partial charge in [0, 0.05) is 0 Å². The molecular formula is C50H40AsF21I4O2PSb. The molecule has 0 aliphatic heterocycles. The number of carboxylic acids is 1. The van der Waals surface area contributed by atoms with E-state index >= 15 is 0 Å². The fraction of sp³-hybridized carbons (Fsp3) is 0.0200. The molecule has 0 saturated heterocycles. The van der Waals surface area contributed by atoms with Gasteiger partial charge in [-0.25, -0.2) is 0 Å². The van der Waals surface area contributed by atoms with E-state index in [2.05, 4.69) is 243 Å². The molecule has 8 aromatic carbocycles. The van der Waals surface area contributed by atoms with Crippen molar-refractivity contribution >= 4 is 47.4 Å². The molecule has 0 fully saturated rings. The van der Waals surface area contributed by atoms with Gasteiger partial charge in [-0.1, -0.05) is 146 Å². The first kappa shape index (κ1) is 74.5. The van der Waals surface area contributed by atoms with Crippen LogP contribution in [0.1, 0.15) is 0 Å². The normalized spacial score (nSPS) is 13.5. The van der Waals surface area contributed by atoms with Gasteiger partial charge >= 0.3 is 195 Å². The molecule has 442 valence electrons. The van der Waals surface area contributed by atoms with Crippen molar-refractivity contribution < 1.29 is 171 Å². The van der Waals surface area contributed by atoms with Crippen LogP contribution in [0.25, 0.3) is 0 Å². The first-order valence-electron chi connectivity index (χ1n) is 21.1. The van der Waals surface area contributed by atoms with Gasteiger partial charge in [0.1, 0.15) is 5.97 Å². The molecule has 0 amide bonds. The summed E-state index contributed by atoms with van der Waals surface area (Å²) in [5, 5.41) is 8.78. The largest absolute Gasteiger partial charge is 0.357 e. The van der Waals surface area contributed by atoms with Gasteiger partial charge < -0.3 is 9.90 Å². The van der Waals surface area contributed by atoms with Crippen molar-refractivity contribution in [3.63, 3.8) is 0 Å². The molecule has 0 heterocycles. The van der Waals surface area contributed by atoms with Crippen molar-refractivity contribution in [2.75, 3.05) is 0 Å². The first-order chi connectivity index (χ1) is 36.1. The second kappa shape index (κ2) is 29.8. The molecule has 0 spiro atoms. The molecule has 2 nitrogen and oxygen atoms in total. The number of halogens is 25. The van der Waals surface area contributed by atoms with Gasteiger partial charge in [-0.3, -0.25) is 0 Å². The van der Waals surface area contributed by atoms with Gasteiger partial charge in [-0.05, 0) is 97.1 Å². The van der Waals surface area contributed by atoms with E-state index in [9.17, 15) is 76.0 Å². The third-order valence-corrected chi connectivity index (χ3v) is 17.7. The minimum absolute atomic E-state index is 0.0287. The summed E-state index contributed by atoms with van der Waals surface area (Å²) in [6, 6.07) is 85.6. The molecule has 0 N–H and O–H groups in total. The number of hydrogen-bond acceptors (Lipinski definition) is 2. The van der Waals surface area contributed by atoms with E-state index in [0.29, 0.717) is 0 Å². The fourth-order valence-corrected chi connectivity index (χ4v) is 13.4. The summed E-state index contributed by atoms with van der Waals surface area (Å²) in [7, 11) is -10.7. The maximum absolute atomic E-state index is 11.2. The second-order valence-electron chi connectivity index (χ2n) is 14.4. The summed E-state index contributed by atoms with van der Waals surface area (Å²) < 4.78 is 222. The van der Waals surface area contributed by atoms with Crippen LogP contribution in [0.4, 0.5) is 76.0 Å². The summed E-state index contributed by atoms with van der Waals surface area (Å²) in [6.45, 7) is 0. The second-order valence-corrected chi connectivity index (χ2v) is 37.9. The molecule has 8 rings (SSSR count). The molecule has 0 aliphatic carbocycles. The average molecular weight is 1810 g/mol. The topological polar surface area (TPSA) is 40.1 Å². The molecule has 30 heteroatoms. The maximum atomic E-state index is 10.5. The summed E-state index contributed by atoms with van der Waals surface area (Å²) in [5.41, 5.74) is 0. The summed E-state index contributed by atoms with van der Waals surface area (Å²) in [5.74, 6) is -3.01. The number of aliphatic carboxylic acids is 1. The fourth-order valence-electron chi connectivity index (χ4n) is 4.33. The number of hydrogen-bond donors (Lipinski definition) is 0. The van der Waals surface area contributed by atoms with E-state index in [4.69, 9.17) is 9.90 Å². The third-order valence-electron chi connectivity index (χ3n) is 6.97. The Morgan fingerprint density at radius 3 is 0.463 bits per heavy atom. The van der Waals surface area contributed by atoms with Crippen molar-refractivity contribution in [3.8, 4) is 0 Å². The predicted octanol–water partition coefficient (Wildman–Crippen LogP) is 6.22. The van der Waals surface area contributed by atoms with Crippen molar-refractivity contribution in [1.82, 2.24) is 0 Å². The molecule has 0 radical (unpaired) electrons. The van der Waals surface area contributed by atoms with Crippen molar-refractivity contribution in [2.24, 2.45) is 0 Å². The van der Waals surface area contributed by atoms with Gasteiger partial charge in [0.15, 0.2) is 28.6 Å². The molecule has 0 bridgehead atoms. The SMILES string of the molecule is F[As-](F)(F)(F)(F)F.F[P-](F)(F)(F)(F)F.O=C([O-])C(F)(F)F.[F][Sb-]([F])([F])([F])([F])[F].c1ccc([I+]c2ccccc2)cc1.c1ccc([I+]c2ccccc2)cc1.c1ccc([I+]c2ccccc2)cc1.c1ccc([I+]c2ccccc2)cc1. The average Bonchev–Trinajstić information content (AvgIpc) is 3.32. The Hall–Kier alpha value is -3.51. The minimum atomic E-state index is -11.2. The van der Waals surface area contributed by atoms with E-state index in [1.165, 1.54) is 28.6 Å². The number of carboxylic acid groups (broad SMARTS) is 1. The Balaban J connectivity index is 0.000000466. The Labute approximate surface area is 490 Å². The number of carbonyl (C=O) groups excluding carboxylic acids is 1. The van der Waals surface area contributed by atoms with Crippen molar-refractivity contribution in [2.45, 2.75) is 6.18 Å². The monoisotopic (exact) mass is 1810 g/mol. The zero-order valence-corrected chi connectivity index (χ0v) is 53.7. The summed E-state index contributed by atoms with van der Waals surface area (Å²) in [4.78, 5) is 8.78. The first-order valence-corrected chi connectivity index (χ1v) is 41.8. The summed E-state index contributed by atoms with van der Waals surface area (Å²) >= 11 is -22.2. The zero-order chi connectivity index (χ0) is 61.0. The predicted molar refractivity (Wildman–Crippen MR) is 251 cm³/mol. The van der Waals surface area contributed by atoms with Crippen LogP contribution in [0.2, 0.25) is 0 Å². The van der Waals surface area contributed by atoms with Crippen LogP contribution in [-0.2, 0) is 4.79 Å². The van der Waals surface area contributed by atoms with Gasteiger partial charge in [0.2, 0.25) is 0 Å². The molecule has 0 saturated carbocycles. The van der Waals surface area contributed by atoms with Crippen LogP contribution in [0.15, 0.2) is 243 Å². The van der Waals surface area contributed by atoms with Crippen molar-refractivity contribution in [3.05, 3.63) is 271 Å². The van der Waals surface area contributed by atoms with E-state index < -0.39 is 53.6 Å². The van der Waals surface area contributed by atoms with Crippen LogP contribution in [0.5, 0.6) is 0 Å². The number of rotatable bonds is 8. The van der Waals surface area contributed by atoms with Crippen LogP contribution in [0.3, 0.4) is 0 Å². The van der Waals surface area contributed by atoms with Gasteiger partial charge in [-0.15, -0.1) is 0 Å². The number of alkyl halides is 3. The smallest absolute Gasteiger partial charge is 0.0619 e. The Bertz CT molecular complexity index is 2430.